The lowest BCUT2D eigenvalue weighted by Gasteiger charge is -2.34. The molecule has 2 amide bonds. The SMILES string of the molecule is CCOc1ccc(C2=C(N3CCCC(CO)C3)C(=O)N(c3ccccc3)C2=O)cc1. The molecule has 2 aliphatic rings. The third-order valence-electron chi connectivity index (χ3n) is 5.62. The maximum atomic E-state index is 13.5. The van der Waals surface area contributed by atoms with Gasteiger partial charge in [0.25, 0.3) is 11.8 Å². The van der Waals surface area contributed by atoms with E-state index in [0.717, 1.165) is 18.6 Å². The van der Waals surface area contributed by atoms with Gasteiger partial charge in [0.1, 0.15) is 11.4 Å². The highest BCUT2D eigenvalue weighted by molar-refractivity contribution is 6.45. The maximum Gasteiger partial charge on any atom is 0.282 e. The first-order valence-electron chi connectivity index (χ1n) is 10.4. The largest absolute Gasteiger partial charge is 0.494 e. The number of amides is 2. The fourth-order valence-corrected chi connectivity index (χ4v) is 4.18. The van der Waals surface area contributed by atoms with E-state index in [0.29, 0.717) is 42.2 Å². The Balaban J connectivity index is 1.78. The van der Waals surface area contributed by atoms with E-state index < -0.39 is 0 Å². The van der Waals surface area contributed by atoms with Crippen LogP contribution in [0.2, 0.25) is 0 Å². The van der Waals surface area contributed by atoms with Crippen LogP contribution in [-0.2, 0) is 9.59 Å². The van der Waals surface area contributed by atoms with E-state index in [1.807, 2.05) is 54.3 Å². The summed E-state index contributed by atoms with van der Waals surface area (Å²) in [6.07, 6.45) is 1.79. The normalized spacial score (nSPS) is 19.6. The fourth-order valence-electron chi connectivity index (χ4n) is 4.18. The molecule has 0 radical (unpaired) electrons. The van der Waals surface area contributed by atoms with Gasteiger partial charge in [-0.25, -0.2) is 4.90 Å². The van der Waals surface area contributed by atoms with E-state index in [-0.39, 0.29) is 24.3 Å². The summed E-state index contributed by atoms with van der Waals surface area (Å²) in [5, 5.41) is 9.64. The van der Waals surface area contributed by atoms with Crippen LogP contribution in [0, 0.1) is 5.92 Å². The average molecular weight is 406 g/mol. The predicted molar refractivity (Wildman–Crippen MR) is 115 cm³/mol. The van der Waals surface area contributed by atoms with E-state index >= 15 is 0 Å². The Morgan fingerprint density at radius 1 is 1.03 bits per heavy atom. The van der Waals surface area contributed by atoms with Crippen molar-refractivity contribution < 1.29 is 19.4 Å². The molecule has 0 aromatic heterocycles. The highest BCUT2D eigenvalue weighted by atomic mass is 16.5. The number of likely N-dealkylation sites (tertiary alicyclic amines) is 1. The molecule has 30 heavy (non-hydrogen) atoms. The van der Waals surface area contributed by atoms with Gasteiger partial charge in [0.05, 0.1) is 17.9 Å². The second-order valence-corrected chi connectivity index (χ2v) is 7.60. The van der Waals surface area contributed by atoms with E-state index in [2.05, 4.69) is 0 Å². The van der Waals surface area contributed by atoms with Crippen LogP contribution in [0.25, 0.3) is 5.57 Å². The highest BCUT2D eigenvalue weighted by Crippen LogP contribution is 2.36. The summed E-state index contributed by atoms with van der Waals surface area (Å²) < 4.78 is 5.52. The van der Waals surface area contributed by atoms with Crippen molar-refractivity contribution in [3.05, 3.63) is 65.9 Å². The first-order chi connectivity index (χ1) is 14.6. The first-order valence-corrected chi connectivity index (χ1v) is 10.4. The van der Waals surface area contributed by atoms with Gasteiger partial charge in [0, 0.05) is 19.7 Å². The third-order valence-corrected chi connectivity index (χ3v) is 5.62. The smallest absolute Gasteiger partial charge is 0.282 e. The van der Waals surface area contributed by atoms with Gasteiger partial charge in [-0.2, -0.15) is 0 Å². The fraction of sp³-hybridized carbons (Fsp3) is 0.333. The van der Waals surface area contributed by atoms with Crippen molar-refractivity contribution in [3.8, 4) is 5.75 Å². The van der Waals surface area contributed by atoms with Gasteiger partial charge in [0.2, 0.25) is 0 Å². The van der Waals surface area contributed by atoms with E-state index in [1.165, 1.54) is 4.90 Å². The minimum Gasteiger partial charge on any atom is -0.494 e. The highest BCUT2D eigenvalue weighted by Gasteiger charge is 2.43. The zero-order valence-corrected chi connectivity index (χ0v) is 17.1. The lowest BCUT2D eigenvalue weighted by molar-refractivity contribution is -0.120. The summed E-state index contributed by atoms with van der Waals surface area (Å²) in [5.41, 5.74) is 2.08. The molecule has 2 aliphatic heterocycles. The molecule has 156 valence electrons. The van der Waals surface area contributed by atoms with Crippen molar-refractivity contribution in [2.45, 2.75) is 19.8 Å². The van der Waals surface area contributed by atoms with Gasteiger partial charge in [-0.3, -0.25) is 9.59 Å². The van der Waals surface area contributed by atoms with E-state index in [1.54, 1.807) is 12.1 Å². The molecule has 1 atom stereocenters. The van der Waals surface area contributed by atoms with Crippen LogP contribution < -0.4 is 9.64 Å². The number of benzene rings is 2. The summed E-state index contributed by atoms with van der Waals surface area (Å²) in [7, 11) is 0. The Labute approximate surface area is 176 Å². The van der Waals surface area contributed by atoms with E-state index in [4.69, 9.17) is 4.74 Å². The second kappa shape index (κ2) is 8.71. The lowest BCUT2D eigenvalue weighted by Crippen LogP contribution is -2.40. The Bertz CT molecular complexity index is 953. The van der Waals surface area contributed by atoms with Crippen LogP contribution in [0.15, 0.2) is 60.3 Å². The summed E-state index contributed by atoms with van der Waals surface area (Å²) >= 11 is 0. The molecule has 0 saturated carbocycles. The predicted octanol–water partition coefficient (Wildman–Crippen LogP) is 3.07. The molecule has 1 saturated heterocycles. The van der Waals surface area contributed by atoms with Crippen molar-refractivity contribution in [1.29, 1.82) is 0 Å². The number of carbonyl (C=O) groups is 2. The van der Waals surface area contributed by atoms with Gasteiger partial charge >= 0.3 is 0 Å². The molecule has 2 heterocycles. The minimum absolute atomic E-state index is 0.0761. The van der Waals surface area contributed by atoms with Crippen LogP contribution in [-0.4, -0.2) is 48.1 Å². The first kappa shape index (κ1) is 20.2. The van der Waals surface area contributed by atoms with Gasteiger partial charge < -0.3 is 14.7 Å². The quantitative estimate of drug-likeness (QED) is 0.747. The number of carbonyl (C=O) groups excluding carboxylic acids is 2. The van der Waals surface area contributed by atoms with Gasteiger partial charge in [0.15, 0.2) is 0 Å². The van der Waals surface area contributed by atoms with E-state index in [9.17, 15) is 14.7 Å². The van der Waals surface area contributed by atoms with Crippen LogP contribution in [0.4, 0.5) is 5.69 Å². The monoisotopic (exact) mass is 406 g/mol. The topological polar surface area (TPSA) is 70.1 Å². The number of imide groups is 1. The van der Waals surface area contributed by atoms with Crippen molar-refractivity contribution in [2.24, 2.45) is 5.92 Å². The average Bonchev–Trinajstić information content (AvgIpc) is 3.05. The summed E-state index contributed by atoms with van der Waals surface area (Å²) in [6, 6.07) is 16.3. The van der Waals surface area contributed by atoms with Gasteiger partial charge in [-0.15, -0.1) is 0 Å². The molecule has 4 rings (SSSR count). The zero-order valence-electron chi connectivity index (χ0n) is 17.1. The number of para-hydroxylation sites is 1. The number of hydrogen-bond donors (Lipinski definition) is 1. The molecule has 0 spiro atoms. The zero-order chi connectivity index (χ0) is 21.1. The number of anilines is 1. The molecule has 2 aromatic carbocycles. The number of hydrogen-bond acceptors (Lipinski definition) is 5. The molecule has 1 N–H and O–H groups in total. The van der Waals surface area contributed by atoms with Crippen LogP contribution in [0.5, 0.6) is 5.75 Å². The van der Waals surface area contributed by atoms with Crippen LogP contribution in [0.3, 0.4) is 0 Å². The van der Waals surface area contributed by atoms with Crippen molar-refractivity contribution in [3.63, 3.8) is 0 Å². The Kier molecular flexibility index (Phi) is 5.86. The molecule has 0 bridgehead atoms. The van der Waals surface area contributed by atoms with Gasteiger partial charge in [-0.1, -0.05) is 30.3 Å². The Morgan fingerprint density at radius 3 is 2.43 bits per heavy atom. The number of nitrogens with zero attached hydrogens (tertiary/aromatic N) is 2. The number of ether oxygens (including phenoxy) is 1. The maximum absolute atomic E-state index is 13.5. The molecular weight excluding hydrogens is 380 g/mol. The molecule has 1 fully saturated rings. The van der Waals surface area contributed by atoms with Crippen molar-refractivity contribution in [1.82, 2.24) is 4.90 Å². The number of piperidine rings is 1. The number of rotatable bonds is 6. The molecule has 2 aromatic rings. The van der Waals surface area contributed by atoms with Gasteiger partial charge in [-0.05, 0) is 55.5 Å². The Morgan fingerprint density at radius 2 is 1.77 bits per heavy atom. The summed E-state index contributed by atoms with van der Waals surface area (Å²) in [6.45, 7) is 3.80. The lowest BCUT2D eigenvalue weighted by atomic mass is 9.97. The molecule has 0 aliphatic carbocycles. The number of aliphatic hydroxyl groups is 1. The molecule has 6 nitrogen and oxygen atoms in total. The second-order valence-electron chi connectivity index (χ2n) is 7.60. The van der Waals surface area contributed by atoms with Crippen LogP contribution >= 0.6 is 0 Å². The minimum atomic E-state index is -0.323. The van der Waals surface area contributed by atoms with Crippen molar-refractivity contribution >= 4 is 23.1 Å². The molecular formula is C24H26N2O4. The number of aliphatic hydroxyl groups excluding tert-OH is 1. The summed E-state index contributed by atoms with van der Waals surface area (Å²) in [4.78, 5) is 30.2. The standard InChI is InChI=1S/C24H26N2O4/c1-2-30-20-12-10-18(11-13-20)21-22(25-14-6-7-17(15-25)16-27)24(29)26(23(21)28)19-8-4-3-5-9-19/h3-5,8-13,17,27H,2,6-7,14-16H2,1H3. The van der Waals surface area contributed by atoms with Crippen LogP contribution in [0.1, 0.15) is 25.3 Å². The molecule has 6 heteroatoms. The Hall–Kier alpha value is -3.12. The van der Waals surface area contributed by atoms with Crippen molar-refractivity contribution in [2.75, 3.05) is 31.2 Å². The summed E-state index contributed by atoms with van der Waals surface area (Å²) in [5.74, 6) is 0.185. The third kappa shape index (κ3) is 3.71. The molecule has 1 unspecified atom stereocenters.